The maximum absolute atomic E-state index is 11.9. The van der Waals surface area contributed by atoms with Crippen LogP contribution in [0, 0.1) is 6.92 Å². The summed E-state index contributed by atoms with van der Waals surface area (Å²) >= 11 is 0. The second kappa shape index (κ2) is 5.46. The number of aromatic carboxylic acids is 1. The van der Waals surface area contributed by atoms with Crippen molar-refractivity contribution in [1.82, 2.24) is 4.98 Å². The van der Waals surface area contributed by atoms with Gasteiger partial charge >= 0.3 is 5.97 Å². The molecule has 0 aliphatic carbocycles. The van der Waals surface area contributed by atoms with Crippen molar-refractivity contribution < 1.29 is 9.90 Å². The Labute approximate surface area is 139 Å². The zero-order valence-corrected chi connectivity index (χ0v) is 13.2. The lowest BCUT2D eigenvalue weighted by Crippen LogP contribution is -2.01. The Balaban J connectivity index is 2.05. The lowest BCUT2D eigenvalue weighted by Gasteiger charge is -2.09. The molecule has 4 rings (SSSR count). The maximum atomic E-state index is 11.9. The van der Waals surface area contributed by atoms with Gasteiger partial charge in [-0.3, -0.25) is 0 Å². The number of carboxylic acids is 1. The molecule has 3 nitrogen and oxygen atoms in total. The van der Waals surface area contributed by atoms with Gasteiger partial charge in [0.2, 0.25) is 0 Å². The van der Waals surface area contributed by atoms with Crippen molar-refractivity contribution in [1.29, 1.82) is 0 Å². The first-order chi connectivity index (χ1) is 11.6. The molecule has 0 aliphatic rings. The molecule has 3 aromatic carbocycles. The van der Waals surface area contributed by atoms with Gasteiger partial charge in [0.05, 0.1) is 16.6 Å². The van der Waals surface area contributed by atoms with E-state index in [1.54, 1.807) is 0 Å². The molecule has 0 saturated heterocycles. The number of para-hydroxylation sites is 1. The summed E-state index contributed by atoms with van der Waals surface area (Å²) in [6.45, 7) is 2.04. The average molecular weight is 313 g/mol. The second-order valence-electron chi connectivity index (χ2n) is 5.91. The molecular formula is C21H15NO2. The number of nitrogens with zero attached hydrogens (tertiary/aromatic N) is 1. The van der Waals surface area contributed by atoms with Crippen LogP contribution in [-0.4, -0.2) is 16.1 Å². The van der Waals surface area contributed by atoms with Gasteiger partial charge in [0, 0.05) is 10.8 Å². The Bertz CT molecular complexity index is 1080. The van der Waals surface area contributed by atoms with E-state index in [-0.39, 0.29) is 0 Å². The van der Waals surface area contributed by atoms with Crippen LogP contribution in [0.5, 0.6) is 0 Å². The molecule has 0 atom stereocenters. The number of rotatable bonds is 2. The fraction of sp³-hybridized carbons (Fsp3) is 0.0476. The number of carbonyl (C=O) groups is 1. The predicted molar refractivity (Wildman–Crippen MR) is 96.4 cm³/mol. The lowest BCUT2D eigenvalue weighted by atomic mass is 9.97. The number of aryl methyl sites for hydroxylation is 1. The Morgan fingerprint density at radius 2 is 1.50 bits per heavy atom. The van der Waals surface area contributed by atoms with Crippen molar-refractivity contribution in [3.8, 4) is 11.1 Å². The number of hydrogen-bond acceptors (Lipinski definition) is 2. The Morgan fingerprint density at radius 1 is 0.833 bits per heavy atom. The zero-order chi connectivity index (χ0) is 16.7. The number of pyridine rings is 1. The van der Waals surface area contributed by atoms with Gasteiger partial charge in [-0.05, 0) is 36.2 Å². The fourth-order valence-electron chi connectivity index (χ4n) is 3.05. The monoisotopic (exact) mass is 313 g/mol. The average Bonchev–Trinajstić information content (AvgIpc) is 2.59. The summed E-state index contributed by atoms with van der Waals surface area (Å²) in [7, 11) is 0. The molecule has 0 spiro atoms. The third kappa shape index (κ3) is 2.31. The van der Waals surface area contributed by atoms with Crippen LogP contribution in [0.2, 0.25) is 0 Å². The summed E-state index contributed by atoms with van der Waals surface area (Å²) in [5, 5.41) is 11.1. The molecule has 0 unspecified atom stereocenters. The third-order valence-corrected chi connectivity index (χ3v) is 4.28. The molecule has 0 radical (unpaired) electrons. The van der Waals surface area contributed by atoms with E-state index in [9.17, 15) is 9.90 Å². The number of fused-ring (bicyclic) bond motifs is 2. The molecule has 0 fully saturated rings. The zero-order valence-electron chi connectivity index (χ0n) is 13.2. The number of aromatic nitrogens is 1. The van der Waals surface area contributed by atoms with E-state index in [2.05, 4.69) is 17.1 Å². The van der Waals surface area contributed by atoms with Crippen molar-refractivity contribution in [3.63, 3.8) is 0 Å². The molecule has 1 aromatic heterocycles. The fourth-order valence-corrected chi connectivity index (χ4v) is 3.05. The van der Waals surface area contributed by atoms with Crippen LogP contribution in [-0.2, 0) is 0 Å². The smallest absolute Gasteiger partial charge is 0.337 e. The van der Waals surface area contributed by atoms with E-state index in [0.717, 1.165) is 11.1 Å². The number of hydrogen-bond donors (Lipinski definition) is 1. The van der Waals surface area contributed by atoms with Crippen molar-refractivity contribution in [3.05, 3.63) is 77.9 Å². The van der Waals surface area contributed by atoms with Crippen molar-refractivity contribution >= 4 is 27.8 Å². The number of benzene rings is 3. The van der Waals surface area contributed by atoms with E-state index in [4.69, 9.17) is 0 Å². The van der Waals surface area contributed by atoms with Crippen LogP contribution in [0.25, 0.3) is 32.9 Å². The first-order valence-corrected chi connectivity index (χ1v) is 7.76. The Morgan fingerprint density at radius 3 is 2.25 bits per heavy atom. The van der Waals surface area contributed by atoms with Crippen LogP contribution in [0.4, 0.5) is 0 Å². The first kappa shape index (κ1) is 14.4. The standard InChI is InChI=1S/C21H15NO2/c1-13-6-8-14(9-7-13)15-10-11-19-17(12-15)20(21(23)24)16-4-2-3-5-18(16)22-19/h2-12H,1H3,(H,23,24). The van der Waals surface area contributed by atoms with E-state index >= 15 is 0 Å². The van der Waals surface area contributed by atoms with Crippen molar-refractivity contribution in [2.75, 3.05) is 0 Å². The molecule has 0 bridgehead atoms. The van der Waals surface area contributed by atoms with Crippen LogP contribution >= 0.6 is 0 Å². The van der Waals surface area contributed by atoms with Gasteiger partial charge in [0.1, 0.15) is 0 Å². The molecule has 0 amide bonds. The minimum Gasteiger partial charge on any atom is -0.478 e. The highest BCUT2D eigenvalue weighted by Crippen LogP contribution is 2.30. The predicted octanol–water partition coefficient (Wildman–Crippen LogP) is 5.06. The van der Waals surface area contributed by atoms with Gasteiger partial charge in [-0.1, -0.05) is 54.1 Å². The molecule has 1 N–H and O–H groups in total. The van der Waals surface area contributed by atoms with Crippen molar-refractivity contribution in [2.24, 2.45) is 0 Å². The summed E-state index contributed by atoms with van der Waals surface area (Å²) in [4.78, 5) is 16.5. The largest absolute Gasteiger partial charge is 0.478 e. The van der Waals surface area contributed by atoms with E-state index in [1.165, 1.54) is 5.56 Å². The molecule has 4 aromatic rings. The summed E-state index contributed by atoms with van der Waals surface area (Å²) in [5.74, 6) is -0.931. The SMILES string of the molecule is Cc1ccc(-c2ccc3nc4ccccc4c(C(=O)O)c3c2)cc1. The first-order valence-electron chi connectivity index (χ1n) is 7.76. The second-order valence-corrected chi connectivity index (χ2v) is 5.91. The highest BCUT2D eigenvalue weighted by atomic mass is 16.4. The van der Waals surface area contributed by atoms with Crippen LogP contribution in [0.1, 0.15) is 15.9 Å². The van der Waals surface area contributed by atoms with Crippen LogP contribution < -0.4 is 0 Å². The van der Waals surface area contributed by atoms with Crippen LogP contribution in [0.15, 0.2) is 66.7 Å². The minimum atomic E-state index is -0.931. The lowest BCUT2D eigenvalue weighted by molar-refractivity contribution is 0.0701. The summed E-state index contributed by atoms with van der Waals surface area (Å²) in [6.07, 6.45) is 0. The van der Waals surface area contributed by atoms with Gasteiger partial charge in [0.25, 0.3) is 0 Å². The third-order valence-electron chi connectivity index (χ3n) is 4.28. The highest BCUT2D eigenvalue weighted by molar-refractivity contribution is 6.14. The van der Waals surface area contributed by atoms with Crippen LogP contribution in [0.3, 0.4) is 0 Å². The van der Waals surface area contributed by atoms with Gasteiger partial charge in [-0.2, -0.15) is 0 Å². The molecule has 0 saturated carbocycles. The Hall–Kier alpha value is -3.20. The molecule has 0 aliphatic heterocycles. The van der Waals surface area contributed by atoms with Crippen molar-refractivity contribution in [2.45, 2.75) is 6.92 Å². The minimum absolute atomic E-state index is 0.310. The molecule has 1 heterocycles. The van der Waals surface area contributed by atoms with Gasteiger partial charge in [-0.25, -0.2) is 9.78 Å². The normalized spacial score (nSPS) is 11.0. The van der Waals surface area contributed by atoms with E-state index in [0.29, 0.717) is 27.4 Å². The van der Waals surface area contributed by atoms with Gasteiger partial charge in [0.15, 0.2) is 0 Å². The molecule has 24 heavy (non-hydrogen) atoms. The maximum Gasteiger partial charge on any atom is 0.337 e. The Kier molecular flexibility index (Phi) is 3.28. The molecular weight excluding hydrogens is 298 g/mol. The topological polar surface area (TPSA) is 50.2 Å². The van der Waals surface area contributed by atoms with E-state index < -0.39 is 5.97 Å². The summed E-state index contributed by atoms with van der Waals surface area (Å²) in [6, 6.07) is 21.4. The van der Waals surface area contributed by atoms with E-state index in [1.807, 2.05) is 61.5 Å². The summed E-state index contributed by atoms with van der Waals surface area (Å²) < 4.78 is 0. The number of carboxylic acid groups (broad SMARTS) is 1. The van der Waals surface area contributed by atoms with Gasteiger partial charge < -0.3 is 5.11 Å². The summed E-state index contributed by atoms with van der Waals surface area (Å²) in [5.41, 5.74) is 4.95. The molecule has 116 valence electrons. The highest BCUT2D eigenvalue weighted by Gasteiger charge is 2.15. The molecule has 3 heteroatoms. The van der Waals surface area contributed by atoms with Gasteiger partial charge in [-0.15, -0.1) is 0 Å². The quantitative estimate of drug-likeness (QED) is 0.526.